The Labute approximate surface area is 270 Å². The second kappa shape index (κ2) is 10.1. The summed E-state index contributed by atoms with van der Waals surface area (Å²) in [7, 11) is 0. The number of fused-ring (bicyclic) bond motifs is 10. The lowest BCUT2D eigenvalue weighted by Gasteiger charge is -2.27. The Morgan fingerprint density at radius 2 is 1.00 bits per heavy atom. The van der Waals surface area contributed by atoms with Crippen molar-refractivity contribution in [1.82, 2.24) is 0 Å². The number of hydrogen-bond donors (Lipinski definition) is 0. The first kappa shape index (κ1) is 26.0. The van der Waals surface area contributed by atoms with Gasteiger partial charge in [0.05, 0.1) is 11.1 Å². The SMILES string of the molecule is c1ccc(-c2ccc(N(c3ccc4oc5ccc6c(oc7ccc8ccccc8c76)c5c4c3)c3cccc4ccccc34)cc2)cc1. The van der Waals surface area contributed by atoms with Crippen LogP contribution in [-0.2, 0) is 0 Å². The molecule has 0 aliphatic heterocycles. The van der Waals surface area contributed by atoms with Crippen molar-refractivity contribution in [2.45, 2.75) is 0 Å². The van der Waals surface area contributed by atoms with Crippen LogP contribution in [0, 0.1) is 0 Å². The predicted molar refractivity (Wildman–Crippen MR) is 196 cm³/mol. The van der Waals surface area contributed by atoms with Crippen LogP contribution in [0.15, 0.2) is 173 Å². The van der Waals surface area contributed by atoms with Gasteiger partial charge in [0.25, 0.3) is 0 Å². The van der Waals surface area contributed by atoms with Crippen LogP contribution in [0.25, 0.3) is 76.5 Å². The van der Waals surface area contributed by atoms with E-state index in [1.165, 1.54) is 32.7 Å². The molecule has 0 unspecified atom stereocenters. The summed E-state index contributed by atoms with van der Waals surface area (Å²) in [5.41, 5.74) is 9.00. The topological polar surface area (TPSA) is 29.5 Å². The Morgan fingerprint density at radius 1 is 0.362 bits per heavy atom. The molecule has 0 radical (unpaired) electrons. The van der Waals surface area contributed by atoms with Gasteiger partial charge in [0.15, 0.2) is 0 Å². The van der Waals surface area contributed by atoms with Gasteiger partial charge in [-0.15, -0.1) is 0 Å². The van der Waals surface area contributed by atoms with Gasteiger partial charge in [0.2, 0.25) is 0 Å². The summed E-state index contributed by atoms with van der Waals surface area (Å²) < 4.78 is 13.1. The summed E-state index contributed by atoms with van der Waals surface area (Å²) >= 11 is 0. The van der Waals surface area contributed by atoms with Crippen LogP contribution in [0.3, 0.4) is 0 Å². The molecule has 0 aliphatic rings. The number of hydrogen-bond acceptors (Lipinski definition) is 3. The lowest BCUT2D eigenvalue weighted by Crippen LogP contribution is -2.10. The van der Waals surface area contributed by atoms with E-state index in [4.69, 9.17) is 8.83 Å². The van der Waals surface area contributed by atoms with Crippen LogP contribution in [0.4, 0.5) is 17.1 Å². The molecule has 2 heterocycles. The molecule has 47 heavy (non-hydrogen) atoms. The zero-order chi connectivity index (χ0) is 30.9. The average molecular weight is 602 g/mol. The minimum atomic E-state index is 0.817. The number of anilines is 3. The van der Waals surface area contributed by atoms with E-state index in [9.17, 15) is 0 Å². The number of rotatable bonds is 4. The summed E-state index contributed by atoms with van der Waals surface area (Å²) in [6.45, 7) is 0. The zero-order valence-electron chi connectivity index (χ0n) is 25.4. The third-order valence-electron chi connectivity index (χ3n) is 9.44. The van der Waals surface area contributed by atoms with Gasteiger partial charge in [-0.25, -0.2) is 0 Å². The molecule has 0 amide bonds. The molecule has 0 saturated heterocycles. The van der Waals surface area contributed by atoms with E-state index in [0.29, 0.717) is 0 Å². The highest BCUT2D eigenvalue weighted by atomic mass is 16.3. The first-order valence-electron chi connectivity index (χ1n) is 15.9. The maximum Gasteiger partial charge on any atom is 0.147 e. The van der Waals surface area contributed by atoms with Crippen LogP contribution in [0.2, 0.25) is 0 Å². The first-order valence-corrected chi connectivity index (χ1v) is 15.9. The lowest BCUT2D eigenvalue weighted by atomic mass is 10.0. The molecule has 3 heteroatoms. The smallest absolute Gasteiger partial charge is 0.147 e. The number of nitrogens with zero attached hydrogens (tertiary/aromatic N) is 1. The summed E-state index contributed by atoms with van der Waals surface area (Å²) in [6.07, 6.45) is 0. The highest BCUT2D eigenvalue weighted by molar-refractivity contribution is 6.26. The maximum absolute atomic E-state index is 6.65. The summed E-state index contributed by atoms with van der Waals surface area (Å²) in [5.74, 6) is 0. The van der Waals surface area contributed by atoms with Crippen LogP contribution >= 0.6 is 0 Å². The van der Waals surface area contributed by atoms with E-state index < -0.39 is 0 Å². The summed E-state index contributed by atoms with van der Waals surface area (Å²) in [6, 6.07) is 57.9. The van der Waals surface area contributed by atoms with Gasteiger partial charge in [-0.1, -0.05) is 109 Å². The van der Waals surface area contributed by atoms with Crippen molar-refractivity contribution < 1.29 is 8.83 Å². The first-order chi connectivity index (χ1) is 23.3. The summed E-state index contributed by atoms with van der Waals surface area (Å²) in [5, 5.41) is 9.03. The molecule has 0 atom stereocenters. The van der Waals surface area contributed by atoms with Crippen LogP contribution < -0.4 is 4.90 Å². The third-order valence-corrected chi connectivity index (χ3v) is 9.44. The van der Waals surface area contributed by atoms with Gasteiger partial charge in [-0.2, -0.15) is 0 Å². The third kappa shape index (κ3) is 4.00. The van der Waals surface area contributed by atoms with Crippen molar-refractivity contribution in [3.8, 4) is 11.1 Å². The molecule has 220 valence electrons. The van der Waals surface area contributed by atoms with E-state index in [0.717, 1.165) is 60.9 Å². The molecule has 0 spiro atoms. The van der Waals surface area contributed by atoms with Gasteiger partial charge >= 0.3 is 0 Å². The van der Waals surface area contributed by atoms with Crippen LogP contribution in [0.1, 0.15) is 0 Å². The molecular formula is C44H27NO2. The average Bonchev–Trinajstić information content (AvgIpc) is 3.71. The van der Waals surface area contributed by atoms with E-state index in [1.807, 2.05) is 0 Å². The van der Waals surface area contributed by atoms with Crippen LogP contribution in [0.5, 0.6) is 0 Å². The standard InChI is InChI=1S/C44H27NO2/c1-2-9-28(10-3-1)29-17-20-32(21-18-29)45(38-16-8-13-30-11-4-6-14-34(30)38)33-22-25-39-37(27-33)43-41(46-39)26-23-36-42-35-15-7-5-12-31(35)19-24-40(42)47-44(36)43/h1-27H. The fraction of sp³-hybridized carbons (Fsp3) is 0. The Kier molecular flexibility index (Phi) is 5.57. The van der Waals surface area contributed by atoms with Gasteiger partial charge < -0.3 is 13.7 Å². The molecule has 0 fully saturated rings. The van der Waals surface area contributed by atoms with Crippen molar-refractivity contribution in [2.24, 2.45) is 0 Å². The van der Waals surface area contributed by atoms with Crippen LogP contribution in [-0.4, -0.2) is 0 Å². The quantitative estimate of drug-likeness (QED) is 0.201. The molecule has 0 aliphatic carbocycles. The van der Waals surface area contributed by atoms with Gasteiger partial charge in [0, 0.05) is 32.9 Å². The lowest BCUT2D eigenvalue weighted by molar-refractivity contribution is 0.663. The molecule has 8 aromatic carbocycles. The van der Waals surface area contributed by atoms with E-state index in [-0.39, 0.29) is 0 Å². The number of furan rings is 2. The molecule has 0 bridgehead atoms. The van der Waals surface area contributed by atoms with Crippen molar-refractivity contribution >= 4 is 82.5 Å². The zero-order valence-corrected chi connectivity index (χ0v) is 25.4. The van der Waals surface area contributed by atoms with Crippen molar-refractivity contribution in [1.29, 1.82) is 0 Å². The number of benzene rings is 8. The van der Waals surface area contributed by atoms with Gasteiger partial charge in [-0.3, -0.25) is 0 Å². The second-order valence-electron chi connectivity index (χ2n) is 12.1. The van der Waals surface area contributed by atoms with Gasteiger partial charge in [-0.05, 0) is 81.9 Å². The predicted octanol–water partition coefficient (Wildman–Crippen LogP) is 12.9. The molecule has 2 aromatic heterocycles. The second-order valence-corrected chi connectivity index (χ2v) is 12.1. The Morgan fingerprint density at radius 3 is 1.85 bits per heavy atom. The monoisotopic (exact) mass is 601 g/mol. The van der Waals surface area contributed by atoms with Crippen molar-refractivity contribution in [2.75, 3.05) is 4.90 Å². The highest BCUT2D eigenvalue weighted by Crippen LogP contribution is 2.45. The fourth-order valence-corrected chi connectivity index (χ4v) is 7.26. The van der Waals surface area contributed by atoms with Crippen molar-refractivity contribution in [3.63, 3.8) is 0 Å². The minimum Gasteiger partial charge on any atom is -0.456 e. The summed E-state index contributed by atoms with van der Waals surface area (Å²) in [4.78, 5) is 2.35. The minimum absolute atomic E-state index is 0.817. The highest BCUT2D eigenvalue weighted by Gasteiger charge is 2.21. The Balaban J connectivity index is 1.22. The molecule has 0 saturated carbocycles. The molecule has 10 rings (SSSR count). The molecule has 3 nitrogen and oxygen atoms in total. The maximum atomic E-state index is 6.65. The largest absolute Gasteiger partial charge is 0.456 e. The molecule has 10 aromatic rings. The fourth-order valence-electron chi connectivity index (χ4n) is 7.26. The van der Waals surface area contributed by atoms with Crippen molar-refractivity contribution in [3.05, 3.63) is 164 Å². The van der Waals surface area contributed by atoms with Gasteiger partial charge in [0.1, 0.15) is 22.3 Å². The Hall–Kier alpha value is -6.32. The van der Waals surface area contributed by atoms with E-state index >= 15 is 0 Å². The van der Waals surface area contributed by atoms with E-state index in [1.54, 1.807) is 0 Å². The van der Waals surface area contributed by atoms with E-state index in [2.05, 4.69) is 169 Å². The molecule has 0 N–H and O–H groups in total. The normalized spacial score (nSPS) is 11.8. The molecular weight excluding hydrogens is 574 g/mol. The Bertz CT molecular complexity index is 2780.